The topological polar surface area (TPSA) is 51.0 Å². The molecule has 14 heavy (non-hydrogen) atoms. The second-order valence-electron chi connectivity index (χ2n) is 2.63. The second-order valence-corrected chi connectivity index (χ2v) is 3.01. The van der Waals surface area contributed by atoms with Gasteiger partial charge in [-0.05, 0) is 6.07 Å². The van der Waals surface area contributed by atoms with Crippen molar-refractivity contribution in [1.29, 1.82) is 0 Å². The Hall–Kier alpha value is -1.62. The lowest BCUT2D eigenvalue weighted by atomic mass is 10.2. The Labute approximate surface area is 85.6 Å². The molecule has 2 heterocycles. The third-order valence-corrected chi connectivity index (χ3v) is 2.12. The fraction of sp³-hybridized carbons (Fsp3) is 0.111. The summed E-state index contributed by atoms with van der Waals surface area (Å²) in [6.45, 7) is 0. The lowest BCUT2D eigenvalue weighted by molar-refractivity contribution is 0.410. The van der Waals surface area contributed by atoms with E-state index in [0.29, 0.717) is 10.4 Å². The quantitative estimate of drug-likeness (QED) is 0.770. The van der Waals surface area contributed by atoms with E-state index in [-0.39, 0.29) is 0 Å². The second kappa shape index (κ2) is 3.63. The summed E-state index contributed by atoms with van der Waals surface area (Å²) >= 11 is 5.03. The number of aromatic amines is 1. The van der Waals surface area contributed by atoms with Crippen molar-refractivity contribution in [1.82, 2.24) is 9.97 Å². The first-order valence-corrected chi connectivity index (χ1v) is 4.38. The van der Waals surface area contributed by atoms with Crippen LogP contribution in [-0.4, -0.2) is 17.1 Å². The minimum atomic E-state index is 0.433. The van der Waals surface area contributed by atoms with E-state index in [1.807, 2.05) is 6.07 Å². The lowest BCUT2D eigenvalue weighted by Crippen LogP contribution is -1.93. The van der Waals surface area contributed by atoms with Gasteiger partial charge in [0.15, 0.2) is 10.4 Å². The lowest BCUT2D eigenvalue weighted by Gasteiger charge is -2.04. The number of ether oxygens (including phenoxy) is 1. The number of hydrogen-bond acceptors (Lipinski definition) is 4. The Kier molecular flexibility index (Phi) is 2.32. The monoisotopic (exact) mass is 208 g/mol. The third kappa shape index (κ3) is 1.42. The van der Waals surface area contributed by atoms with E-state index >= 15 is 0 Å². The van der Waals surface area contributed by atoms with Crippen LogP contribution in [0.4, 0.5) is 0 Å². The van der Waals surface area contributed by atoms with Crippen molar-refractivity contribution < 1.29 is 9.15 Å². The molecule has 5 heteroatoms. The number of aromatic nitrogens is 2. The Bertz CT molecular complexity index is 476. The van der Waals surface area contributed by atoms with Gasteiger partial charge in [0.05, 0.1) is 31.7 Å². The Morgan fingerprint density at radius 2 is 2.43 bits per heavy atom. The number of nitrogens with zero attached hydrogens (tertiary/aromatic N) is 1. The van der Waals surface area contributed by atoms with Crippen molar-refractivity contribution in [2.75, 3.05) is 7.11 Å². The van der Waals surface area contributed by atoms with E-state index in [2.05, 4.69) is 9.97 Å². The summed E-state index contributed by atoms with van der Waals surface area (Å²) in [6.07, 6.45) is 4.74. The molecule has 72 valence electrons. The first-order valence-electron chi connectivity index (χ1n) is 3.97. The highest BCUT2D eigenvalue weighted by molar-refractivity contribution is 7.71. The van der Waals surface area contributed by atoms with Gasteiger partial charge in [-0.2, -0.15) is 0 Å². The Balaban J connectivity index is 2.64. The van der Waals surface area contributed by atoms with Crippen LogP contribution in [0.3, 0.4) is 0 Å². The van der Waals surface area contributed by atoms with Gasteiger partial charge in [-0.1, -0.05) is 12.2 Å². The zero-order chi connectivity index (χ0) is 9.97. The maximum absolute atomic E-state index is 5.16. The van der Waals surface area contributed by atoms with Gasteiger partial charge in [0.1, 0.15) is 0 Å². The maximum atomic E-state index is 5.16. The molecule has 0 bridgehead atoms. The van der Waals surface area contributed by atoms with Crippen LogP contribution >= 0.6 is 12.2 Å². The fourth-order valence-electron chi connectivity index (χ4n) is 1.20. The number of H-pyrrole nitrogens is 1. The van der Waals surface area contributed by atoms with Gasteiger partial charge in [0.25, 0.3) is 0 Å². The van der Waals surface area contributed by atoms with Gasteiger partial charge >= 0.3 is 0 Å². The molecule has 2 aromatic rings. The zero-order valence-electron chi connectivity index (χ0n) is 7.48. The highest BCUT2D eigenvalue weighted by atomic mass is 32.1. The van der Waals surface area contributed by atoms with Crippen molar-refractivity contribution in [2.24, 2.45) is 0 Å². The van der Waals surface area contributed by atoms with Crippen molar-refractivity contribution in [2.45, 2.75) is 0 Å². The largest absolute Gasteiger partial charge is 0.491 e. The van der Waals surface area contributed by atoms with Crippen LogP contribution in [-0.2, 0) is 0 Å². The van der Waals surface area contributed by atoms with E-state index < -0.39 is 0 Å². The molecular weight excluding hydrogens is 200 g/mol. The average molecular weight is 208 g/mol. The minimum absolute atomic E-state index is 0.433. The number of nitrogens with one attached hydrogen (secondary N) is 1. The predicted octanol–water partition coefficient (Wildman–Crippen LogP) is 2.41. The summed E-state index contributed by atoms with van der Waals surface area (Å²) in [7, 11) is 1.56. The predicted molar refractivity (Wildman–Crippen MR) is 53.7 cm³/mol. The molecule has 1 N–H and O–H groups in total. The molecule has 0 atom stereocenters. The number of hydrogen-bond donors (Lipinski definition) is 1. The van der Waals surface area contributed by atoms with E-state index in [1.165, 1.54) is 6.33 Å². The fourth-order valence-corrected chi connectivity index (χ4v) is 1.44. The van der Waals surface area contributed by atoms with E-state index in [9.17, 15) is 0 Å². The Morgan fingerprint density at radius 1 is 1.57 bits per heavy atom. The van der Waals surface area contributed by atoms with Gasteiger partial charge < -0.3 is 14.1 Å². The SMILES string of the molecule is COc1c(-c2ccoc2)[nH]cnc1=S. The zero-order valence-corrected chi connectivity index (χ0v) is 8.30. The standard InChI is InChI=1S/C9H8N2O2S/c1-12-8-7(6-2-3-13-4-6)10-5-11-9(8)14/h2-5H,1H3,(H,10,11,14). The molecule has 0 fully saturated rings. The van der Waals surface area contributed by atoms with Crippen LogP contribution in [0.2, 0.25) is 0 Å². The first kappa shape index (κ1) is 8.96. The van der Waals surface area contributed by atoms with Crippen molar-refractivity contribution in [3.05, 3.63) is 29.6 Å². The molecule has 4 nitrogen and oxygen atoms in total. The molecule has 0 aromatic carbocycles. The highest BCUT2D eigenvalue weighted by Gasteiger charge is 2.08. The molecule has 2 aromatic heterocycles. The molecular formula is C9H8N2O2S. The van der Waals surface area contributed by atoms with E-state index in [4.69, 9.17) is 21.4 Å². The summed E-state index contributed by atoms with van der Waals surface area (Å²) < 4.78 is 10.6. The van der Waals surface area contributed by atoms with Crippen LogP contribution in [0.1, 0.15) is 0 Å². The smallest absolute Gasteiger partial charge is 0.179 e. The summed E-state index contributed by atoms with van der Waals surface area (Å²) in [5.74, 6) is 0.559. The molecule has 0 aliphatic rings. The highest BCUT2D eigenvalue weighted by Crippen LogP contribution is 2.27. The molecule has 0 amide bonds. The molecule has 0 saturated carbocycles. The average Bonchev–Trinajstić information content (AvgIpc) is 2.70. The number of methoxy groups -OCH3 is 1. The van der Waals surface area contributed by atoms with Gasteiger partial charge in [-0.3, -0.25) is 0 Å². The number of rotatable bonds is 2. The Morgan fingerprint density at radius 3 is 3.07 bits per heavy atom. The van der Waals surface area contributed by atoms with Crippen LogP contribution in [0.25, 0.3) is 11.3 Å². The molecule has 0 aliphatic carbocycles. The van der Waals surface area contributed by atoms with Crippen LogP contribution < -0.4 is 4.74 Å². The van der Waals surface area contributed by atoms with Gasteiger partial charge in [0.2, 0.25) is 0 Å². The number of furan rings is 1. The van der Waals surface area contributed by atoms with Crippen LogP contribution in [0.15, 0.2) is 29.3 Å². The molecule has 0 spiro atoms. The molecule has 0 unspecified atom stereocenters. The van der Waals surface area contributed by atoms with Gasteiger partial charge in [-0.15, -0.1) is 0 Å². The van der Waals surface area contributed by atoms with Crippen molar-refractivity contribution in [3.63, 3.8) is 0 Å². The molecule has 0 saturated heterocycles. The van der Waals surface area contributed by atoms with Gasteiger partial charge in [0, 0.05) is 5.56 Å². The summed E-state index contributed by atoms with van der Waals surface area (Å²) in [4.78, 5) is 6.89. The summed E-state index contributed by atoms with van der Waals surface area (Å²) in [5.41, 5.74) is 1.66. The molecule has 0 radical (unpaired) electrons. The third-order valence-electron chi connectivity index (χ3n) is 1.83. The van der Waals surface area contributed by atoms with Crippen molar-refractivity contribution >= 4 is 12.2 Å². The van der Waals surface area contributed by atoms with Crippen molar-refractivity contribution in [3.8, 4) is 17.0 Å². The normalized spacial score (nSPS) is 10.1. The van der Waals surface area contributed by atoms with Crippen LogP contribution in [0.5, 0.6) is 5.75 Å². The van der Waals surface area contributed by atoms with E-state index in [1.54, 1.807) is 19.6 Å². The molecule has 0 aliphatic heterocycles. The summed E-state index contributed by atoms with van der Waals surface area (Å²) in [5, 5.41) is 0. The molecule has 2 rings (SSSR count). The van der Waals surface area contributed by atoms with Crippen LogP contribution in [0, 0.1) is 4.64 Å². The minimum Gasteiger partial charge on any atom is -0.491 e. The van der Waals surface area contributed by atoms with Gasteiger partial charge in [-0.25, -0.2) is 4.98 Å². The maximum Gasteiger partial charge on any atom is 0.179 e. The summed E-state index contributed by atoms with van der Waals surface area (Å²) in [6, 6.07) is 1.82. The first-order chi connectivity index (χ1) is 6.83. The van der Waals surface area contributed by atoms with E-state index in [0.717, 1.165) is 11.3 Å².